The number of hydrogen-bond acceptors (Lipinski definition) is 17. The Balaban J connectivity index is 2.59. The van der Waals surface area contributed by atoms with Gasteiger partial charge < -0.3 is 39.0 Å². The van der Waals surface area contributed by atoms with E-state index in [0.717, 1.165) is 14.2 Å². The summed E-state index contributed by atoms with van der Waals surface area (Å²) >= 11 is 0. The summed E-state index contributed by atoms with van der Waals surface area (Å²) in [6, 6.07) is 0. The summed E-state index contributed by atoms with van der Waals surface area (Å²) in [7, 11) is -14.3. The van der Waals surface area contributed by atoms with E-state index in [9.17, 15) is 49.9 Å². The summed E-state index contributed by atoms with van der Waals surface area (Å²) in [6.45, 7) is -1.31. The third-order valence-electron chi connectivity index (χ3n) is 5.05. The van der Waals surface area contributed by atoms with Crippen LogP contribution in [0.2, 0.25) is 0 Å². The van der Waals surface area contributed by atoms with Crippen LogP contribution in [0.3, 0.4) is 0 Å². The fourth-order valence-corrected chi connectivity index (χ4v) is 4.94. The van der Waals surface area contributed by atoms with Crippen molar-refractivity contribution in [1.82, 2.24) is 0 Å². The van der Waals surface area contributed by atoms with Gasteiger partial charge in [-0.05, 0) is 0 Å². The number of methoxy groups -OCH3 is 2. The Morgan fingerprint density at radius 1 is 0.763 bits per heavy atom. The number of rotatable bonds is 12. The highest BCUT2D eigenvalue weighted by atomic mass is 32.3. The molecule has 0 aromatic heterocycles. The van der Waals surface area contributed by atoms with E-state index < -0.39 is 105 Å². The Hall–Kier alpha value is -1.20. The Kier molecular flexibility index (Phi) is 10.9. The van der Waals surface area contributed by atoms with Crippen molar-refractivity contribution in [1.29, 1.82) is 0 Å². The summed E-state index contributed by atoms with van der Waals surface area (Å²) in [5.74, 6) is -1.75. The molecule has 6 N–H and O–H groups in total. The van der Waals surface area contributed by atoms with Gasteiger partial charge in [-0.25, -0.2) is 17.3 Å². The number of ether oxygens (including phenoxy) is 5. The molecule has 2 rings (SSSR count). The minimum absolute atomic E-state index is 1.01. The molecular formula is C14H24O21S3. The van der Waals surface area contributed by atoms with Gasteiger partial charge in [0, 0.05) is 14.2 Å². The lowest BCUT2D eigenvalue weighted by atomic mass is 9.96. The number of carboxylic acid groups (broad SMARTS) is 1. The summed E-state index contributed by atoms with van der Waals surface area (Å²) in [5, 5.41) is 29.8. The van der Waals surface area contributed by atoms with E-state index in [2.05, 4.69) is 12.5 Å². The number of hydrogen-bond donors (Lipinski definition) is 6. The number of aliphatic carboxylic acids is 1. The average Bonchev–Trinajstić information content (AvgIpc) is 2.74. The SMILES string of the molecule is CO[C@H]1[C@@H](O[C@@H]2[C@H](OS(=O)(=O)O)[C@@H](OS(=O)(=O)O)[C@@H](O)O[C@@H]2COS(=O)(=O)O)O[C@@H](C(=O)O)[C@@H](O)[C@@H]1OC. The predicted molar refractivity (Wildman–Crippen MR) is 110 cm³/mol. The molecule has 2 aliphatic heterocycles. The summed E-state index contributed by atoms with van der Waals surface area (Å²) in [4.78, 5) is 11.6. The number of aliphatic hydroxyl groups excluding tert-OH is 2. The van der Waals surface area contributed by atoms with Crippen LogP contribution < -0.4 is 0 Å². The first kappa shape index (κ1) is 33.0. The Morgan fingerprint density at radius 2 is 1.29 bits per heavy atom. The van der Waals surface area contributed by atoms with Crippen molar-refractivity contribution in [2.24, 2.45) is 0 Å². The fourth-order valence-electron chi connectivity index (χ4n) is 3.65. The smallest absolute Gasteiger partial charge is 0.397 e. The third-order valence-corrected chi connectivity index (χ3v) is 6.42. The van der Waals surface area contributed by atoms with Crippen molar-refractivity contribution in [3.05, 3.63) is 0 Å². The highest BCUT2D eigenvalue weighted by Gasteiger charge is 2.56. The van der Waals surface area contributed by atoms with Gasteiger partial charge in [0.05, 0.1) is 6.61 Å². The first-order valence-corrected chi connectivity index (χ1v) is 13.9. The Morgan fingerprint density at radius 3 is 1.74 bits per heavy atom. The van der Waals surface area contributed by atoms with E-state index in [1.165, 1.54) is 0 Å². The number of carboxylic acids is 1. The second-order valence-electron chi connectivity index (χ2n) is 7.51. The maximum absolute atomic E-state index is 11.6. The molecule has 224 valence electrons. The van der Waals surface area contributed by atoms with Gasteiger partial charge in [-0.2, -0.15) is 25.3 Å². The van der Waals surface area contributed by atoms with Crippen LogP contribution in [-0.4, -0.2) is 142 Å². The molecule has 0 bridgehead atoms. The molecule has 2 aliphatic rings. The minimum atomic E-state index is -5.59. The van der Waals surface area contributed by atoms with E-state index in [1.807, 2.05) is 0 Å². The lowest BCUT2D eigenvalue weighted by Crippen LogP contribution is -2.66. The normalized spacial score (nSPS) is 37.1. The molecule has 0 aromatic carbocycles. The van der Waals surface area contributed by atoms with Crippen molar-refractivity contribution >= 4 is 37.2 Å². The molecule has 0 radical (unpaired) electrons. The van der Waals surface area contributed by atoms with Gasteiger partial charge in [0.25, 0.3) is 0 Å². The van der Waals surface area contributed by atoms with E-state index in [1.54, 1.807) is 0 Å². The highest BCUT2D eigenvalue weighted by Crippen LogP contribution is 2.34. The standard InChI is InChI=1S/C14H24O21S3/c1-28-7-5(15)8(12(16)17)33-14(11(7)29-2)32-6-4(3-30-36(19,20)21)31-13(18)10(35-38(25,26)27)9(6)34-37(22,23)24/h4-11,13-15,18H,3H2,1-2H3,(H,16,17)(H,19,20,21)(H,22,23,24)(H,25,26,27)/t4-,5+,6+,7+,8-,9+,10-,11-,13+,14+/m1/s1. The summed E-state index contributed by atoms with van der Waals surface area (Å²) < 4.78 is 133. The molecule has 0 saturated carbocycles. The van der Waals surface area contributed by atoms with Gasteiger partial charge in [0.2, 0.25) is 0 Å². The molecule has 2 heterocycles. The first-order chi connectivity index (χ1) is 17.3. The van der Waals surface area contributed by atoms with Crippen molar-refractivity contribution in [2.75, 3.05) is 20.8 Å². The average molecular weight is 625 g/mol. The van der Waals surface area contributed by atoms with Crippen molar-refractivity contribution < 1.29 is 95.3 Å². The molecular weight excluding hydrogens is 600 g/mol. The number of carbonyl (C=O) groups is 1. The maximum Gasteiger partial charge on any atom is 0.397 e. The van der Waals surface area contributed by atoms with Gasteiger partial charge in [-0.1, -0.05) is 0 Å². The van der Waals surface area contributed by atoms with Crippen LogP contribution in [0, 0.1) is 0 Å². The zero-order chi connectivity index (χ0) is 29.2. The van der Waals surface area contributed by atoms with Crippen LogP contribution in [-0.2, 0) is 72.2 Å². The molecule has 2 fully saturated rings. The molecule has 21 nitrogen and oxygen atoms in total. The molecule has 0 unspecified atom stereocenters. The van der Waals surface area contributed by atoms with Crippen LogP contribution in [0.5, 0.6) is 0 Å². The highest BCUT2D eigenvalue weighted by molar-refractivity contribution is 7.81. The molecule has 38 heavy (non-hydrogen) atoms. The van der Waals surface area contributed by atoms with Crippen LogP contribution in [0.1, 0.15) is 0 Å². The second kappa shape index (κ2) is 12.5. The van der Waals surface area contributed by atoms with E-state index in [4.69, 9.17) is 32.8 Å². The van der Waals surface area contributed by atoms with Crippen molar-refractivity contribution in [3.8, 4) is 0 Å². The molecule has 0 aromatic rings. The van der Waals surface area contributed by atoms with Gasteiger partial charge in [0.1, 0.15) is 36.6 Å². The fraction of sp³-hybridized carbons (Fsp3) is 0.929. The Bertz CT molecular complexity index is 1140. The van der Waals surface area contributed by atoms with Crippen molar-refractivity contribution in [2.45, 2.75) is 61.4 Å². The molecule has 10 atom stereocenters. The van der Waals surface area contributed by atoms with Gasteiger partial charge >= 0.3 is 37.2 Å². The maximum atomic E-state index is 11.6. The summed E-state index contributed by atoms with van der Waals surface area (Å²) in [5.41, 5.74) is 0. The zero-order valence-electron chi connectivity index (χ0n) is 19.0. The molecule has 24 heteroatoms. The first-order valence-electron chi connectivity index (χ1n) is 9.82. The lowest BCUT2D eigenvalue weighted by molar-refractivity contribution is -0.349. The topological polar surface area (TPSA) is 315 Å². The molecule has 0 aliphatic carbocycles. The predicted octanol–water partition coefficient (Wildman–Crippen LogP) is -4.52. The van der Waals surface area contributed by atoms with Gasteiger partial charge in [-0.15, -0.1) is 0 Å². The molecule has 0 amide bonds. The monoisotopic (exact) mass is 624 g/mol. The van der Waals surface area contributed by atoms with Crippen molar-refractivity contribution in [3.63, 3.8) is 0 Å². The van der Waals surface area contributed by atoms with E-state index in [-0.39, 0.29) is 0 Å². The third kappa shape index (κ3) is 8.91. The minimum Gasteiger partial charge on any atom is -0.479 e. The van der Waals surface area contributed by atoms with Crippen LogP contribution in [0.4, 0.5) is 0 Å². The number of aliphatic hydroxyl groups is 2. The van der Waals surface area contributed by atoms with E-state index in [0.29, 0.717) is 0 Å². The Labute approximate surface area is 214 Å². The lowest BCUT2D eigenvalue weighted by Gasteiger charge is -2.47. The van der Waals surface area contributed by atoms with Crippen LogP contribution in [0.15, 0.2) is 0 Å². The second-order valence-corrected chi connectivity index (χ2v) is 10.7. The summed E-state index contributed by atoms with van der Waals surface area (Å²) in [6.07, 6.45) is -21.0. The quantitative estimate of drug-likeness (QED) is 0.111. The molecule has 2 saturated heterocycles. The van der Waals surface area contributed by atoms with Gasteiger partial charge in [-0.3, -0.25) is 13.7 Å². The molecule has 0 spiro atoms. The van der Waals surface area contributed by atoms with Crippen LogP contribution in [0.25, 0.3) is 0 Å². The van der Waals surface area contributed by atoms with Crippen LogP contribution >= 0.6 is 0 Å². The largest absolute Gasteiger partial charge is 0.479 e. The zero-order valence-corrected chi connectivity index (χ0v) is 21.5. The van der Waals surface area contributed by atoms with Gasteiger partial charge in [0.15, 0.2) is 24.8 Å². The van der Waals surface area contributed by atoms with E-state index >= 15 is 0 Å².